The molecule has 0 spiro atoms. The van der Waals surface area contributed by atoms with Gasteiger partial charge in [-0.25, -0.2) is 14.1 Å². The average Bonchev–Trinajstić information content (AvgIpc) is 2.76. The molecule has 0 aliphatic heterocycles. The van der Waals surface area contributed by atoms with E-state index < -0.39 is 17.4 Å². The van der Waals surface area contributed by atoms with E-state index in [-0.39, 0.29) is 6.42 Å². The summed E-state index contributed by atoms with van der Waals surface area (Å²) in [7, 11) is 0. The highest BCUT2D eigenvalue weighted by atomic mass is 19.1. The Labute approximate surface area is 102 Å². The van der Waals surface area contributed by atoms with E-state index in [0.29, 0.717) is 11.4 Å². The van der Waals surface area contributed by atoms with Gasteiger partial charge in [0.05, 0.1) is 12.4 Å². The average molecular weight is 247 g/mol. The van der Waals surface area contributed by atoms with Crippen molar-refractivity contribution in [2.45, 2.75) is 13.3 Å². The Bertz CT molecular complexity index is 590. The van der Waals surface area contributed by atoms with Crippen LogP contribution in [0.25, 0.3) is 5.82 Å². The molecule has 0 fully saturated rings. The van der Waals surface area contributed by atoms with Crippen LogP contribution >= 0.6 is 0 Å². The lowest BCUT2D eigenvalue weighted by Gasteiger charge is -2.01. The standard InChI is InChI=1S/C12H10FN3O2/c1-8(17)11(18)4-9-2-3-12(14-5-9)16-7-10(13)6-15-16/h2-3,5-7H,4H2,1H3. The molecular formula is C12H10FN3O2. The highest BCUT2D eigenvalue weighted by Crippen LogP contribution is 2.07. The maximum Gasteiger partial charge on any atom is 0.202 e. The fraction of sp³-hybridized carbons (Fsp3) is 0.167. The van der Waals surface area contributed by atoms with Gasteiger partial charge in [-0.1, -0.05) is 6.07 Å². The molecular weight excluding hydrogens is 237 g/mol. The highest BCUT2D eigenvalue weighted by molar-refractivity contribution is 6.36. The van der Waals surface area contributed by atoms with E-state index in [9.17, 15) is 14.0 Å². The summed E-state index contributed by atoms with van der Waals surface area (Å²) >= 11 is 0. The normalized spacial score (nSPS) is 10.3. The molecule has 0 amide bonds. The quantitative estimate of drug-likeness (QED) is 0.759. The van der Waals surface area contributed by atoms with Crippen molar-refractivity contribution in [3.63, 3.8) is 0 Å². The smallest absolute Gasteiger partial charge is 0.202 e. The topological polar surface area (TPSA) is 64.8 Å². The highest BCUT2D eigenvalue weighted by Gasteiger charge is 2.09. The molecule has 0 aromatic carbocycles. The van der Waals surface area contributed by atoms with E-state index in [1.165, 1.54) is 24.0 Å². The van der Waals surface area contributed by atoms with Gasteiger partial charge >= 0.3 is 0 Å². The molecule has 18 heavy (non-hydrogen) atoms. The van der Waals surface area contributed by atoms with Crippen LogP contribution in [-0.2, 0) is 16.0 Å². The minimum Gasteiger partial charge on any atom is -0.291 e. The second-order valence-corrected chi connectivity index (χ2v) is 3.78. The molecule has 0 saturated heterocycles. The van der Waals surface area contributed by atoms with Crippen LogP contribution in [0.1, 0.15) is 12.5 Å². The van der Waals surface area contributed by atoms with Crippen molar-refractivity contribution in [2.75, 3.05) is 0 Å². The van der Waals surface area contributed by atoms with Gasteiger partial charge in [0.2, 0.25) is 5.78 Å². The summed E-state index contributed by atoms with van der Waals surface area (Å²) < 4.78 is 14.0. The molecule has 0 aliphatic carbocycles. The molecule has 0 bridgehead atoms. The molecule has 5 nitrogen and oxygen atoms in total. The third kappa shape index (κ3) is 2.65. The fourth-order valence-electron chi connectivity index (χ4n) is 1.39. The lowest BCUT2D eigenvalue weighted by molar-refractivity contribution is -0.134. The van der Waals surface area contributed by atoms with E-state index in [1.807, 2.05) is 0 Å². The number of hydrogen-bond donors (Lipinski definition) is 0. The van der Waals surface area contributed by atoms with Gasteiger partial charge in [-0.15, -0.1) is 0 Å². The number of Topliss-reactive ketones (excluding diaryl/α,β-unsaturated/α-hetero) is 2. The van der Waals surface area contributed by atoms with Crippen LogP contribution in [0.5, 0.6) is 0 Å². The van der Waals surface area contributed by atoms with Crippen LogP contribution in [-0.4, -0.2) is 26.3 Å². The molecule has 0 atom stereocenters. The predicted molar refractivity (Wildman–Crippen MR) is 60.7 cm³/mol. The number of hydrogen-bond acceptors (Lipinski definition) is 4. The summed E-state index contributed by atoms with van der Waals surface area (Å²) in [5.74, 6) is -0.950. The summed E-state index contributed by atoms with van der Waals surface area (Å²) in [6, 6.07) is 3.26. The van der Waals surface area contributed by atoms with Crippen LogP contribution in [0.15, 0.2) is 30.7 Å². The molecule has 6 heteroatoms. The fourth-order valence-corrected chi connectivity index (χ4v) is 1.39. The van der Waals surface area contributed by atoms with Crippen molar-refractivity contribution in [1.29, 1.82) is 0 Å². The van der Waals surface area contributed by atoms with Crippen molar-refractivity contribution in [2.24, 2.45) is 0 Å². The van der Waals surface area contributed by atoms with Crippen LogP contribution in [0.4, 0.5) is 4.39 Å². The van der Waals surface area contributed by atoms with Crippen LogP contribution in [0.2, 0.25) is 0 Å². The monoisotopic (exact) mass is 247 g/mol. The Morgan fingerprint density at radius 1 is 1.33 bits per heavy atom. The number of pyridine rings is 1. The van der Waals surface area contributed by atoms with Gasteiger partial charge in [0, 0.05) is 19.5 Å². The minimum absolute atomic E-state index is 0.0239. The largest absolute Gasteiger partial charge is 0.291 e. The van der Waals surface area contributed by atoms with Gasteiger partial charge in [0.1, 0.15) is 0 Å². The molecule has 2 heterocycles. The Morgan fingerprint density at radius 2 is 2.11 bits per heavy atom. The second kappa shape index (κ2) is 4.87. The third-order valence-corrected chi connectivity index (χ3v) is 2.35. The maximum atomic E-state index is 12.8. The molecule has 92 valence electrons. The lowest BCUT2D eigenvalue weighted by atomic mass is 10.1. The summed E-state index contributed by atoms with van der Waals surface area (Å²) in [4.78, 5) is 26.1. The van der Waals surface area contributed by atoms with E-state index in [2.05, 4.69) is 10.1 Å². The second-order valence-electron chi connectivity index (χ2n) is 3.78. The number of ketones is 2. The van der Waals surface area contributed by atoms with Gasteiger partial charge in [-0.05, 0) is 11.6 Å². The summed E-state index contributed by atoms with van der Waals surface area (Å²) in [6.07, 6.45) is 3.77. The van der Waals surface area contributed by atoms with Crippen molar-refractivity contribution >= 4 is 11.6 Å². The molecule has 2 rings (SSSR count). The maximum absolute atomic E-state index is 12.8. The Kier molecular flexibility index (Phi) is 3.27. The van der Waals surface area contributed by atoms with Gasteiger partial charge in [0.25, 0.3) is 0 Å². The van der Waals surface area contributed by atoms with Crippen molar-refractivity contribution < 1.29 is 14.0 Å². The number of nitrogens with zero attached hydrogens (tertiary/aromatic N) is 3. The minimum atomic E-state index is -0.478. The molecule has 2 aromatic rings. The van der Waals surface area contributed by atoms with Crippen molar-refractivity contribution in [3.05, 3.63) is 42.1 Å². The first-order valence-electron chi connectivity index (χ1n) is 5.25. The molecule has 0 unspecified atom stereocenters. The zero-order valence-corrected chi connectivity index (χ0v) is 9.63. The van der Waals surface area contributed by atoms with Crippen LogP contribution < -0.4 is 0 Å². The number of halogens is 1. The summed E-state index contributed by atoms with van der Waals surface area (Å²) in [5.41, 5.74) is 0.631. The van der Waals surface area contributed by atoms with Crippen molar-refractivity contribution in [3.8, 4) is 5.82 Å². The Morgan fingerprint density at radius 3 is 2.61 bits per heavy atom. The van der Waals surface area contributed by atoms with E-state index >= 15 is 0 Å². The third-order valence-electron chi connectivity index (χ3n) is 2.35. The van der Waals surface area contributed by atoms with E-state index in [1.54, 1.807) is 12.1 Å². The predicted octanol–water partition coefficient (Wildman–Crippen LogP) is 1.11. The molecule has 0 aliphatic rings. The molecule has 0 saturated carbocycles. The van der Waals surface area contributed by atoms with E-state index in [0.717, 1.165) is 6.20 Å². The van der Waals surface area contributed by atoms with Crippen molar-refractivity contribution in [1.82, 2.24) is 14.8 Å². The molecule has 2 aromatic heterocycles. The van der Waals surface area contributed by atoms with Gasteiger partial charge < -0.3 is 0 Å². The van der Waals surface area contributed by atoms with Crippen LogP contribution in [0, 0.1) is 5.82 Å². The molecule has 0 N–H and O–H groups in total. The lowest BCUT2D eigenvalue weighted by Crippen LogP contribution is -2.12. The van der Waals surface area contributed by atoms with Gasteiger partial charge in [-0.3, -0.25) is 9.59 Å². The van der Waals surface area contributed by atoms with Gasteiger partial charge in [0.15, 0.2) is 17.4 Å². The summed E-state index contributed by atoms with van der Waals surface area (Å²) in [6.45, 7) is 1.23. The van der Waals surface area contributed by atoms with Gasteiger partial charge in [-0.2, -0.15) is 5.10 Å². The first-order chi connectivity index (χ1) is 8.56. The number of aromatic nitrogens is 3. The first kappa shape index (κ1) is 12.1. The number of carbonyl (C=O) groups excluding carboxylic acids is 2. The number of carbonyl (C=O) groups is 2. The Hall–Kier alpha value is -2.37. The first-order valence-corrected chi connectivity index (χ1v) is 5.25. The Balaban J connectivity index is 2.15. The molecule has 0 radical (unpaired) electrons. The zero-order valence-electron chi connectivity index (χ0n) is 9.63. The number of rotatable bonds is 4. The zero-order chi connectivity index (χ0) is 13.1. The summed E-state index contributed by atoms with van der Waals surface area (Å²) in [5, 5.41) is 3.76. The van der Waals surface area contributed by atoms with E-state index in [4.69, 9.17) is 0 Å². The SMILES string of the molecule is CC(=O)C(=O)Cc1ccc(-n2cc(F)cn2)nc1. The van der Waals surface area contributed by atoms with Crippen LogP contribution in [0.3, 0.4) is 0 Å².